The zero-order valence-corrected chi connectivity index (χ0v) is 12.2. The second-order valence-electron chi connectivity index (χ2n) is 5.30. The quantitative estimate of drug-likeness (QED) is 0.888. The number of ether oxygens (including phenoxy) is 1. The Hall–Kier alpha value is -0.940. The topological polar surface area (TPSA) is 35.2 Å². The second kappa shape index (κ2) is 6.01. The van der Waals surface area contributed by atoms with Crippen LogP contribution in [0.2, 0.25) is 0 Å². The maximum atomic E-state index is 12.6. The molecule has 0 aliphatic heterocycles. The van der Waals surface area contributed by atoms with E-state index in [0.29, 0.717) is 5.56 Å². The van der Waals surface area contributed by atoms with Crippen molar-refractivity contribution in [3.05, 3.63) is 29.3 Å². The van der Waals surface area contributed by atoms with Crippen molar-refractivity contribution in [2.24, 2.45) is 11.1 Å². The SMILES string of the molecule is COc1cc(C(F)(F)F)ccc1[C@H](N)C(C)(C)C.Cl. The van der Waals surface area contributed by atoms with E-state index in [-0.39, 0.29) is 23.6 Å². The molecule has 0 spiro atoms. The molecule has 1 atom stereocenters. The van der Waals surface area contributed by atoms with Crippen LogP contribution in [0.25, 0.3) is 0 Å². The van der Waals surface area contributed by atoms with Gasteiger partial charge >= 0.3 is 6.18 Å². The minimum absolute atomic E-state index is 0. The van der Waals surface area contributed by atoms with Crippen LogP contribution in [0, 0.1) is 5.41 Å². The second-order valence-corrected chi connectivity index (χ2v) is 5.30. The molecular formula is C13H19ClF3NO. The summed E-state index contributed by atoms with van der Waals surface area (Å²) in [6.45, 7) is 5.78. The van der Waals surface area contributed by atoms with Gasteiger partial charge in [-0.1, -0.05) is 26.8 Å². The van der Waals surface area contributed by atoms with Gasteiger partial charge in [0.2, 0.25) is 0 Å². The van der Waals surface area contributed by atoms with Crippen LogP contribution in [0.1, 0.15) is 37.9 Å². The first-order valence-electron chi connectivity index (χ1n) is 5.58. The molecule has 0 saturated heterocycles. The molecule has 1 aromatic rings. The number of rotatable bonds is 2. The van der Waals surface area contributed by atoms with Gasteiger partial charge in [-0.2, -0.15) is 13.2 Å². The Labute approximate surface area is 117 Å². The minimum Gasteiger partial charge on any atom is -0.496 e. The number of hydrogen-bond acceptors (Lipinski definition) is 2. The molecule has 0 bridgehead atoms. The molecule has 0 fully saturated rings. The predicted octanol–water partition coefficient (Wildman–Crippen LogP) is 4.18. The molecule has 1 rings (SSSR count). The minimum atomic E-state index is -4.38. The lowest BCUT2D eigenvalue weighted by Crippen LogP contribution is -2.26. The van der Waals surface area contributed by atoms with Gasteiger partial charge in [0.05, 0.1) is 12.7 Å². The van der Waals surface area contributed by atoms with Crippen molar-refractivity contribution in [1.29, 1.82) is 0 Å². The zero-order valence-electron chi connectivity index (χ0n) is 11.3. The average molecular weight is 298 g/mol. The summed E-state index contributed by atoms with van der Waals surface area (Å²) in [6, 6.07) is 3.01. The van der Waals surface area contributed by atoms with Gasteiger partial charge in [0.1, 0.15) is 5.75 Å². The van der Waals surface area contributed by atoms with Gasteiger partial charge in [-0.3, -0.25) is 0 Å². The highest BCUT2D eigenvalue weighted by Gasteiger charge is 2.33. The van der Waals surface area contributed by atoms with Crippen LogP contribution in [-0.2, 0) is 6.18 Å². The third kappa shape index (κ3) is 4.28. The van der Waals surface area contributed by atoms with E-state index in [1.807, 2.05) is 20.8 Å². The Morgan fingerprint density at radius 3 is 2.05 bits per heavy atom. The predicted molar refractivity (Wildman–Crippen MR) is 71.6 cm³/mol. The van der Waals surface area contributed by atoms with Crippen LogP contribution in [0.4, 0.5) is 13.2 Å². The summed E-state index contributed by atoms with van der Waals surface area (Å²) in [4.78, 5) is 0. The fraction of sp³-hybridized carbons (Fsp3) is 0.538. The lowest BCUT2D eigenvalue weighted by molar-refractivity contribution is -0.137. The summed E-state index contributed by atoms with van der Waals surface area (Å²) >= 11 is 0. The Balaban J connectivity index is 0.00000324. The monoisotopic (exact) mass is 297 g/mol. The summed E-state index contributed by atoms with van der Waals surface area (Å²) in [7, 11) is 1.34. The number of nitrogens with two attached hydrogens (primary N) is 1. The zero-order chi connectivity index (χ0) is 14.1. The first-order chi connectivity index (χ1) is 8.07. The first-order valence-corrected chi connectivity index (χ1v) is 5.58. The highest BCUT2D eigenvalue weighted by Crippen LogP contribution is 2.39. The molecule has 0 saturated carbocycles. The molecule has 1 aromatic carbocycles. The van der Waals surface area contributed by atoms with E-state index >= 15 is 0 Å². The number of hydrogen-bond donors (Lipinski definition) is 1. The van der Waals surface area contributed by atoms with Gasteiger partial charge in [0, 0.05) is 11.6 Å². The van der Waals surface area contributed by atoms with E-state index in [0.717, 1.165) is 12.1 Å². The molecule has 0 amide bonds. The summed E-state index contributed by atoms with van der Waals surface area (Å²) < 4.78 is 42.8. The summed E-state index contributed by atoms with van der Waals surface area (Å²) in [5.74, 6) is 0.173. The molecule has 110 valence electrons. The fourth-order valence-electron chi connectivity index (χ4n) is 1.61. The third-order valence-electron chi connectivity index (χ3n) is 2.83. The lowest BCUT2D eigenvalue weighted by Gasteiger charge is -2.29. The van der Waals surface area contributed by atoms with E-state index < -0.39 is 17.8 Å². The summed E-state index contributed by atoms with van der Waals surface area (Å²) in [6.07, 6.45) is -4.38. The maximum Gasteiger partial charge on any atom is 0.416 e. The molecule has 0 aromatic heterocycles. The standard InChI is InChI=1S/C13H18F3NO.ClH/c1-12(2,3)11(17)9-6-5-8(13(14,15)16)7-10(9)18-4;/h5-7,11H,17H2,1-4H3;1H/t11-;/m0./s1. The van der Waals surface area contributed by atoms with Gasteiger partial charge in [0.15, 0.2) is 0 Å². The van der Waals surface area contributed by atoms with Gasteiger partial charge in [-0.25, -0.2) is 0 Å². The average Bonchev–Trinajstić information content (AvgIpc) is 2.24. The van der Waals surface area contributed by atoms with Crippen LogP contribution in [0.3, 0.4) is 0 Å². The van der Waals surface area contributed by atoms with Gasteiger partial charge in [0.25, 0.3) is 0 Å². The maximum absolute atomic E-state index is 12.6. The smallest absolute Gasteiger partial charge is 0.416 e. The molecule has 6 heteroatoms. The number of methoxy groups -OCH3 is 1. The van der Waals surface area contributed by atoms with Crippen LogP contribution >= 0.6 is 12.4 Å². The van der Waals surface area contributed by atoms with Crippen LogP contribution in [0.15, 0.2) is 18.2 Å². The molecular weight excluding hydrogens is 279 g/mol. The molecule has 0 aliphatic carbocycles. The van der Waals surface area contributed by atoms with Crippen LogP contribution < -0.4 is 10.5 Å². The molecule has 2 nitrogen and oxygen atoms in total. The van der Waals surface area contributed by atoms with E-state index in [4.69, 9.17) is 10.5 Å². The van der Waals surface area contributed by atoms with Crippen molar-refractivity contribution >= 4 is 12.4 Å². The van der Waals surface area contributed by atoms with Crippen LogP contribution in [-0.4, -0.2) is 7.11 Å². The fourth-order valence-corrected chi connectivity index (χ4v) is 1.61. The van der Waals surface area contributed by atoms with Crippen molar-refractivity contribution in [1.82, 2.24) is 0 Å². The molecule has 0 radical (unpaired) electrons. The van der Waals surface area contributed by atoms with E-state index in [1.165, 1.54) is 13.2 Å². The van der Waals surface area contributed by atoms with Crippen molar-refractivity contribution in [3.8, 4) is 5.75 Å². The normalized spacial score (nSPS) is 13.7. The molecule has 2 N–H and O–H groups in total. The Kier molecular flexibility index (Phi) is 5.71. The third-order valence-corrected chi connectivity index (χ3v) is 2.83. The van der Waals surface area contributed by atoms with E-state index in [1.54, 1.807) is 0 Å². The van der Waals surface area contributed by atoms with Gasteiger partial charge in [-0.15, -0.1) is 12.4 Å². The number of halogens is 4. The number of benzene rings is 1. The first kappa shape index (κ1) is 18.1. The van der Waals surface area contributed by atoms with Crippen molar-refractivity contribution in [2.75, 3.05) is 7.11 Å². The molecule has 19 heavy (non-hydrogen) atoms. The van der Waals surface area contributed by atoms with Crippen molar-refractivity contribution in [2.45, 2.75) is 33.0 Å². The largest absolute Gasteiger partial charge is 0.496 e. The van der Waals surface area contributed by atoms with Crippen molar-refractivity contribution in [3.63, 3.8) is 0 Å². The molecule has 0 unspecified atom stereocenters. The highest BCUT2D eigenvalue weighted by atomic mass is 35.5. The lowest BCUT2D eigenvalue weighted by atomic mass is 9.82. The van der Waals surface area contributed by atoms with Crippen LogP contribution in [0.5, 0.6) is 5.75 Å². The Bertz CT molecular complexity index is 427. The summed E-state index contributed by atoms with van der Waals surface area (Å²) in [5.41, 5.74) is 5.64. The Morgan fingerprint density at radius 1 is 1.16 bits per heavy atom. The Morgan fingerprint density at radius 2 is 1.68 bits per heavy atom. The van der Waals surface area contributed by atoms with Gasteiger partial charge < -0.3 is 10.5 Å². The molecule has 0 heterocycles. The van der Waals surface area contributed by atoms with Gasteiger partial charge in [-0.05, 0) is 17.5 Å². The van der Waals surface area contributed by atoms with E-state index in [9.17, 15) is 13.2 Å². The highest BCUT2D eigenvalue weighted by molar-refractivity contribution is 5.85. The van der Waals surface area contributed by atoms with E-state index in [2.05, 4.69) is 0 Å². The number of alkyl halides is 3. The summed E-state index contributed by atoms with van der Waals surface area (Å²) in [5, 5.41) is 0. The van der Waals surface area contributed by atoms with Crippen molar-refractivity contribution < 1.29 is 17.9 Å². The molecule has 0 aliphatic rings.